The van der Waals surface area contributed by atoms with Crippen LogP contribution in [0, 0.1) is 0 Å². The fourth-order valence-electron chi connectivity index (χ4n) is 3.83. The van der Waals surface area contributed by atoms with Crippen molar-refractivity contribution >= 4 is 27.5 Å². The van der Waals surface area contributed by atoms with Crippen LogP contribution < -0.4 is 0 Å². The van der Waals surface area contributed by atoms with Gasteiger partial charge in [-0.2, -0.15) is 0 Å². The SMILES string of the molecule is CCN(C(=O)CSc1nnc(-c2ccccc2)c(-c2ccccc2)n1)[C@H]1CCS(=O)(=O)C1. The molecule has 32 heavy (non-hydrogen) atoms. The van der Waals surface area contributed by atoms with Crippen molar-refractivity contribution in [2.24, 2.45) is 0 Å². The first-order chi connectivity index (χ1) is 15.5. The van der Waals surface area contributed by atoms with Crippen LogP contribution in [0.1, 0.15) is 13.3 Å². The topological polar surface area (TPSA) is 93.1 Å². The van der Waals surface area contributed by atoms with Crippen LogP contribution in [0.25, 0.3) is 22.5 Å². The molecule has 1 atom stereocenters. The average Bonchev–Trinajstić information content (AvgIpc) is 3.18. The molecule has 2 aromatic carbocycles. The molecule has 1 aliphatic rings. The molecule has 3 aromatic rings. The van der Waals surface area contributed by atoms with Crippen LogP contribution >= 0.6 is 11.8 Å². The van der Waals surface area contributed by atoms with E-state index in [0.717, 1.165) is 11.1 Å². The molecule has 4 rings (SSSR count). The van der Waals surface area contributed by atoms with Gasteiger partial charge in [-0.1, -0.05) is 72.4 Å². The molecule has 2 heterocycles. The fraction of sp³-hybridized carbons (Fsp3) is 0.304. The number of hydrogen-bond acceptors (Lipinski definition) is 7. The van der Waals surface area contributed by atoms with E-state index in [1.54, 1.807) is 4.90 Å². The van der Waals surface area contributed by atoms with Crippen LogP contribution in [0.3, 0.4) is 0 Å². The Morgan fingerprint density at radius 2 is 1.62 bits per heavy atom. The highest BCUT2D eigenvalue weighted by Crippen LogP contribution is 2.30. The Morgan fingerprint density at radius 3 is 2.19 bits per heavy atom. The Bertz CT molecular complexity index is 1190. The minimum atomic E-state index is -3.05. The molecule has 9 heteroatoms. The summed E-state index contributed by atoms with van der Waals surface area (Å²) in [5.74, 6) is 0.198. The monoisotopic (exact) mass is 468 g/mol. The van der Waals surface area contributed by atoms with Crippen molar-refractivity contribution in [3.8, 4) is 22.5 Å². The van der Waals surface area contributed by atoms with Crippen LogP contribution in [-0.4, -0.2) is 64.3 Å². The average molecular weight is 469 g/mol. The predicted octanol–water partition coefficient (Wildman–Crippen LogP) is 3.33. The van der Waals surface area contributed by atoms with E-state index < -0.39 is 9.84 Å². The highest BCUT2D eigenvalue weighted by Gasteiger charge is 2.33. The molecular weight excluding hydrogens is 444 g/mol. The summed E-state index contributed by atoms with van der Waals surface area (Å²) in [6.07, 6.45) is 0.495. The molecule has 0 N–H and O–H groups in total. The van der Waals surface area contributed by atoms with E-state index in [-0.39, 0.29) is 29.2 Å². The molecule has 0 radical (unpaired) electrons. The summed E-state index contributed by atoms with van der Waals surface area (Å²) in [6.45, 7) is 2.34. The van der Waals surface area contributed by atoms with Gasteiger partial charge in [-0.25, -0.2) is 13.4 Å². The summed E-state index contributed by atoms with van der Waals surface area (Å²) in [4.78, 5) is 19.2. The van der Waals surface area contributed by atoms with Crippen molar-refractivity contribution in [2.45, 2.75) is 24.5 Å². The van der Waals surface area contributed by atoms with Gasteiger partial charge in [-0.15, -0.1) is 10.2 Å². The van der Waals surface area contributed by atoms with Gasteiger partial charge < -0.3 is 4.90 Å². The molecule has 0 spiro atoms. The second-order valence-corrected chi connectivity index (χ2v) is 10.7. The molecule has 1 aromatic heterocycles. The van der Waals surface area contributed by atoms with Crippen LogP contribution in [0.2, 0.25) is 0 Å². The normalized spacial score (nSPS) is 17.2. The largest absolute Gasteiger partial charge is 0.338 e. The number of carbonyl (C=O) groups is 1. The summed E-state index contributed by atoms with van der Waals surface area (Å²) in [5, 5.41) is 9.09. The first-order valence-corrected chi connectivity index (χ1v) is 13.3. The van der Waals surface area contributed by atoms with Gasteiger partial charge in [0.05, 0.1) is 17.3 Å². The van der Waals surface area contributed by atoms with Crippen LogP contribution in [0.4, 0.5) is 0 Å². The second kappa shape index (κ2) is 9.79. The molecule has 1 fully saturated rings. The van der Waals surface area contributed by atoms with E-state index in [1.165, 1.54) is 11.8 Å². The van der Waals surface area contributed by atoms with E-state index in [1.807, 2.05) is 67.6 Å². The minimum Gasteiger partial charge on any atom is -0.338 e. The number of hydrogen-bond donors (Lipinski definition) is 0. The van der Waals surface area contributed by atoms with Crippen LogP contribution in [0.5, 0.6) is 0 Å². The summed E-state index contributed by atoms with van der Waals surface area (Å²) < 4.78 is 23.6. The van der Waals surface area contributed by atoms with Crippen LogP contribution in [-0.2, 0) is 14.6 Å². The third kappa shape index (κ3) is 5.16. The first kappa shape index (κ1) is 22.4. The Morgan fingerprint density at radius 1 is 1.00 bits per heavy atom. The molecule has 7 nitrogen and oxygen atoms in total. The number of rotatable bonds is 7. The third-order valence-corrected chi connectivity index (χ3v) is 7.97. The lowest BCUT2D eigenvalue weighted by atomic mass is 10.0. The van der Waals surface area contributed by atoms with E-state index in [0.29, 0.717) is 29.5 Å². The van der Waals surface area contributed by atoms with E-state index in [2.05, 4.69) is 10.2 Å². The third-order valence-electron chi connectivity index (χ3n) is 5.40. The van der Waals surface area contributed by atoms with Crippen molar-refractivity contribution in [2.75, 3.05) is 23.8 Å². The first-order valence-electron chi connectivity index (χ1n) is 10.4. The van der Waals surface area contributed by atoms with Gasteiger partial charge in [0.25, 0.3) is 0 Å². The van der Waals surface area contributed by atoms with Crippen molar-refractivity contribution in [1.82, 2.24) is 20.1 Å². The minimum absolute atomic E-state index is 0.0409. The van der Waals surface area contributed by atoms with Crippen molar-refractivity contribution in [3.63, 3.8) is 0 Å². The molecule has 0 bridgehead atoms. The number of aromatic nitrogens is 3. The zero-order valence-electron chi connectivity index (χ0n) is 17.7. The van der Waals surface area contributed by atoms with Gasteiger partial charge in [0.1, 0.15) is 11.4 Å². The number of benzene rings is 2. The lowest BCUT2D eigenvalue weighted by Crippen LogP contribution is -2.42. The molecule has 0 unspecified atom stereocenters. The van der Waals surface area contributed by atoms with E-state index in [4.69, 9.17) is 4.98 Å². The number of thioether (sulfide) groups is 1. The van der Waals surface area contributed by atoms with Crippen molar-refractivity contribution in [3.05, 3.63) is 60.7 Å². The number of sulfone groups is 1. The summed E-state index contributed by atoms with van der Waals surface area (Å²) in [5.41, 5.74) is 3.22. The van der Waals surface area contributed by atoms with Gasteiger partial charge in [-0.3, -0.25) is 4.79 Å². The lowest BCUT2D eigenvalue weighted by molar-refractivity contribution is -0.129. The van der Waals surface area contributed by atoms with Gasteiger partial charge >= 0.3 is 0 Å². The highest BCUT2D eigenvalue weighted by atomic mass is 32.2. The molecular formula is C23H24N4O3S2. The summed E-state index contributed by atoms with van der Waals surface area (Å²) in [7, 11) is -3.05. The van der Waals surface area contributed by atoms with Gasteiger partial charge in [0, 0.05) is 23.7 Å². The quantitative estimate of drug-likeness (QED) is 0.491. The van der Waals surface area contributed by atoms with Gasteiger partial charge in [0.15, 0.2) is 9.84 Å². The zero-order chi connectivity index (χ0) is 22.6. The lowest BCUT2D eigenvalue weighted by Gasteiger charge is -2.26. The van der Waals surface area contributed by atoms with Gasteiger partial charge in [0.2, 0.25) is 11.1 Å². The number of amides is 1. The molecule has 1 amide bonds. The Balaban J connectivity index is 1.55. The Hall–Kier alpha value is -2.78. The van der Waals surface area contributed by atoms with E-state index in [9.17, 15) is 13.2 Å². The summed E-state index contributed by atoms with van der Waals surface area (Å²) >= 11 is 1.22. The van der Waals surface area contributed by atoms with Gasteiger partial charge in [-0.05, 0) is 13.3 Å². The zero-order valence-corrected chi connectivity index (χ0v) is 19.3. The maximum atomic E-state index is 12.8. The standard InChI is InChI=1S/C23H24N4O3S2/c1-2-27(19-13-14-32(29,30)16-19)20(28)15-31-23-24-21(17-9-5-3-6-10-17)22(25-26-23)18-11-7-4-8-12-18/h3-12,19H,2,13-16H2,1H3/t19-/m0/s1. The van der Waals surface area contributed by atoms with Crippen LogP contribution in [0.15, 0.2) is 65.8 Å². The maximum absolute atomic E-state index is 12.8. The fourth-order valence-corrected chi connectivity index (χ4v) is 6.23. The van der Waals surface area contributed by atoms with E-state index >= 15 is 0 Å². The molecule has 0 aliphatic carbocycles. The second-order valence-electron chi connectivity index (χ2n) is 7.55. The van der Waals surface area contributed by atoms with Crippen molar-refractivity contribution < 1.29 is 13.2 Å². The predicted molar refractivity (Wildman–Crippen MR) is 126 cm³/mol. The highest BCUT2D eigenvalue weighted by molar-refractivity contribution is 7.99. The van der Waals surface area contributed by atoms with Crippen molar-refractivity contribution in [1.29, 1.82) is 0 Å². The number of nitrogens with zero attached hydrogens (tertiary/aromatic N) is 4. The number of carbonyl (C=O) groups excluding carboxylic acids is 1. The summed E-state index contributed by atoms with van der Waals surface area (Å²) in [6, 6.07) is 19.3. The Kier molecular flexibility index (Phi) is 6.86. The molecule has 1 aliphatic heterocycles. The smallest absolute Gasteiger partial charge is 0.233 e. The molecule has 0 saturated carbocycles. The molecule has 166 valence electrons. The Labute approximate surface area is 192 Å². The maximum Gasteiger partial charge on any atom is 0.233 e. The molecule has 1 saturated heterocycles.